The smallest absolute Gasteiger partial charge is 0.240 e. The van der Waals surface area contributed by atoms with Gasteiger partial charge in [-0.1, -0.05) is 25.7 Å². The van der Waals surface area contributed by atoms with Crippen LogP contribution in [0.5, 0.6) is 0 Å². The minimum Gasteiger partial charge on any atom is -0.379 e. The lowest BCUT2D eigenvalue weighted by Gasteiger charge is -2.29. The van der Waals surface area contributed by atoms with Gasteiger partial charge in [-0.05, 0) is 25.7 Å². The highest BCUT2D eigenvalue weighted by Crippen LogP contribution is 2.34. The van der Waals surface area contributed by atoms with Crippen molar-refractivity contribution < 1.29 is 9.53 Å². The molecular weight excluding hydrogens is 228 g/mol. The number of nitriles is 1. The van der Waals surface area contributed by atoms with E-state index in [2.05, 4.69) is 11.4 Å². The first-order valence-electron chi connectivity index (χ1n) is 7.07. The largest absolute Gasteiger partial charge is 0.379 e. The normalized spacial score (nSPS) is 27.8. The van der Waals surface area contributed by atoms with Crippen LogP contribution in [0, 0.1) is 16.7 Å². The Morgan fingerprint density at radius 3 is 2.50 bits per heavy atom. The molecule has 1 heterocycles. The van der Waals surface area contributed by atoms with Crippen molar-refractivity contribution in [3.8, 4) is 6.07 Å². The zero-order valence-electron chi connectivity index (χ0n) is 10.9. The lowest BCUT2D eigenvalue weighted by Crippen LogP contribution is -2.47. The van der Waals surface area contributed by atoms with E-state index in [0.29, 0.717) is 19.4 Å². The van der Waals surface area contributed by atoms with Crippen molar-refractivity contribution in [2.75, 3.05) is 13.2 Å². The third-order valence-electron chi connectivity index (χ3n) is 4.10. The molecule has 0 bridgehead atoms. The Bertz CT molecular complexity index is 321. The summed E-state index contributed by atoms with van der Waals surface area (Å²) in [6.07, 6.45) is 7.64. The van der Waals surface area contributed by atoms with Crippen LogP contribution in [-0.4, -0.2) is 25.2 Å². The first kappa shape index (κ1) is 13.4. The molecule has 1 aliphatic carbocycles. The van der Waals surface area contributed by atoms with Crippen molar-refractivity contribution in [3.63, 3.8) is 0 Å². The molecule has 1 unspecified atom stereocenters. The maximum Gasteiger partial charge on any atom is 0.240 e. The molecule has 4 nitrogen and oxygen atoms in total. The van der Waals surface area contributed by atoms with Crippen LogP contribution in [0.2, 0.25) is 0 Å². The fourth-order valence-electron chi connectivity index (χ4n) is 2.90. The van der Waals surface area contributed by atoms with Gasteiger partial charge in [-0.2, -0.15) is 5.26 Å². The number of amides is 1. The molecule has 0 aromatic rings. The van der Waals surface area contributed by atoms with E-state index in [1.807, 2.05) is 0 Å². The molecule has 2 aliphatic rings. The molecular formula is C14H22N2O2. The maximum atomic E-state index is 12.4. The van der Waals surface area contributed by atoms with Crippen molar-refractivity contribution in [2.45, 2.75) is 57.4 Å². The van der Waals surface area contributed by atoms with E-state index in [4.69, 9.17) is 4.74 Å². The summed E-state index contributed by atoms with van der Waals surface area (Å²) in [4.78, 5) is 12.4. The molecule has 0 spiro atoms. The second-order valence-electron chi connectivity index (χ2n) is 5.50. The topological polar surface area (TPSA) is 62.1 Å². The van der Waals surface area contributed by atoms with Crippen LogP contribution < -0.4 is 5.32 Å². The van der Waals surface area contributed by atoms with Gasteiger partial charge >= 0.3 is 0 Å². The third kappa shape index (κ3) is 3.02. The number of hydrogen-bond acceptors (Lipinski definition) is 3. The highest BCUT2D eigenvalue weighted by atomic mass is 16.5. The lowest BCUT2D eigenvalue weighted by molar-refractivity contribution is -0.130. The third-order valence-corrected chi connectivity index (χ3v) is 4.10. The second-order valence-corrected chi connectivity index (χ2v) is 5.50. The monoisotopic (exact) mass is 250 g/mol. The zero-order valence-corrected chi connectivity index (χ0v) is 10.9. The molecule has 1 aliphatic heterocycles. The van der Waals surface area contributed by atoms with E-state index in [0.717, 1.165) is 45.1 Å². The highest BCUT2D eigenvalue weighted by Gasteiger charge is 2.39. The molecule has 1 saturated carbocycles. The van der Waals surface area contributed by atoms with E-state index in [1.54, 1.807) is 0 Å². The minimum absolute atomic E-state index is 0.0672. The first-order valence-corrected chi connectivity index (χ1v) is 7.07. The number of rotatable bonds is 2. The summed E-state index contributed by atoms with van der Waals surface area (Å²) < 4.78 is 5.36. The molecule has 0 aromatic heterocycles. The molecule has 0 radical (unpaired) electrons. The van der Waals surface area contributed by atoms with Crippen LogP contribution in [0.1, 0.15) is 51.4 Å². The Hall–Kier alpha value is -1.08. The molecule has 18 heavy (non-hydrogen) atoms. The van der Waals surface area contributed by atoms with Gasteiger partial charge in [0, 0.05) is 6.61 Å². The molecule has 0 aromatic carbocycles. The molecule has 4 heteroatoms. The van der Waals surface area contributed by atoms with Gasteiger partial charge < -0.3 is 10.1 Å². The second kappa shape index (κ2) is 6.19. The van der Waals surface area contributed by atoms with Gasteiger partial charge in [-0.25, -0.2) is 0 Å². The summed E-state index contributed by atoms with van der Waals surface area (Å²) in [5, 5.41) is 12.4. The molecule has 1 atom stereocenters. The number of ether oxygens (including phenoxy) is 1. The van der Waals surface area contributed by atoms with Crippen LogP contribution in [0.3, 0.4) is 0 Å². The number of carbonyl (C=O) groups excluding carboxylic acids is 1. The average molecular weight is 250 g/mol. The van der Waals surface area contributed by atoms with Gasteiger partial charge in [0.05, 0.1) is 18.7 Å². The van der Waals surface area contributed by atoms with Crippen molar-refractivity contribution in [1.29, 1.82) is 5.26 Å². The molecule has 1 amide bonds. The quantitative estimate of drug-likeness (QED) is 0.764. The number of carbonyl (C=O) groups is 1. The van der Waals surface area contributed by atoms with Crippen molar-refractivity contribution in [1.82, 2.24) is 5.32 Å². The van der Waals surface area contributed by atoms with Gasteiger partial charge in [-0.3, -0.25) is 4.79 Å². The molecule has 100 valence electrons. The summed E-state index contributed by atoms with van der Waals surface area (Å²) in [7, 11) is 0. The van der Waals surface area contributed by atoms with Crippen LogP contribution >= 0.6 is 0 Å². The lowest BCUT2D eigenvalue weighted by atomic mass is 9.80. The molecule has 2 rings (SSSR count). The SMILES string of the molecule is N#CC1(C(=O)NC2CCCOC2)CCCCCC1. The summed E-state index contributed by atoms with van der Waals surface area (Å²) >= 11 is 0. The summed E-state index contributed by atoms with van der Waals surface area (Å²) in [5.41, 5.74) is -0.784. The Labute approximate surface area is 109 Å². The Morgan fingerprint density at radius 1 is 1.22 bits per heavy atom. The van der Waals surface area contributed by atoms with Gasteiger partial charge in [0.1, 0.15) is 5.41 Å². The van der Waals surface area contributed by atoms with Crippen molar-refractivity contribution in [3.05, 3.63) is 0 Å². The Kier molecular flexibility index (Phi) is 4.60. The average Bonchev–Trinajstić information content (AvgIpc) is 2.66. The van der Waals surface area contributed by atoms with Crippen LogP contribution in [0.4, 0.5) is 0 Å². The minimum atomic E-state index is -0.784. The molecule has 1 N–H and O–H groups in total. The van der Waals surface area contributed by atoms with E-state index in [9.17, 15) is 10.1 Å². The summed E-state index contributed by atoms with van der Waals surface area (Å²) in [6, 6.07) is 2.39. The standard InChI is InChI=1S/C14H22N2O2/c15-11-14(7-3-1-2-4-8-14)13(17)16-12-6-5-9-18-10-12/h12H,1-10H2,(H,16,17). The summed E-state index contributed by atoms with van der Waals surface area (Å²) in [5.74, 6) is -0.0672. The Balaban J connectivity index is 1.97. The zero-order chi connectivity index (χ0) is 12.8. The van der Waals surface area contributed by atoms with Crippen molar-refractivity contribution >= 4 is 5.91 Å². The van der Waals surface area contributed by atoms with E-state index in [-0.39, 0.29) is 11.9 Å². The number of hydrogen-bond donors (Lipinski definition) is 1. The summed E-state index contributed by atoms with van der Waals surface area (Å²) in [6.45, 7) is 1.38. The molecule has 1 saturated heterocycles. The van der Waals surface area contributed by atoms with Crippen molar-refractivity contribution in [2.24, 2.45) is 5.41 Å². The molecule has 2 fully saturated rings. The van der Waals surface area contributed by atoms with Crippen LogP contribution in [-0.2, 0) is 9.53 Å². The van der Waals surface area contributed by atoms with E-state index < -0.39 is 5.41 Å². The maximum absolute atomic E-state index is 12.4. The predicted molar refractivity (Wildman–Crippen MR) is 67.7 cm³/mol. The van der Waals surface area contributed by atoms with Gasteiger partial charge in [0.2, 0.25) is 5.91 Å². The number of nitrogens with one attached hydrogen (secondary N) is 1. The van der Waals surface area contributed by atoms with Gasteiger partial charge in [0.25, 0.3) is 0 Å². The van der Waals surface area contributed by atoms with Crippen LogP contribution in [0.15, 0.2) is 0 Å². The van der Waals surface area contributed by atoms with Gasteiger partial charge in [0.15, 0.2) is 0 Å². The Morgan fingerprint density at radius 2 is 1.94 bits per heavy atom. The highest BCUT2D eigenvalue weighted by molar-refractivity contribution is 5.85. The first-order chi connectivity index (χ1) is 8.77. The predicted octanol–water partition coefficient (Wildman–Crippen LogP) is 2.15. The fraction of sp³-hybridized carbons (Fsp3) is 0.857. The fourth-order valence-corrected chi connectivity index (χ4v) is 2.90. The van der Waals surface area contributed by atoms with E-state index in [1.165, 1.54) is 0 Å². The van der Waals surface area contributed by atoms with Crippen LogP contribution in [0.25, 0.3) is 0 Å². The number of nitrogens with zero attached hydrogens (tertiary/aromatic N) is 1. The van der Waals surface area contributed by atoms with E-state index >= 15 is 0 Å². The van der Waals surface area contributed by atoms with Gasteiger partial charge in [-0.15, -0.1) is 0 Å².